The van der Waals surface area contributed by atoms with Crippen molar-refractivity contribution in [2.24, 2.45) is 9.98 Å². The monoisotopic (exact) mass is 628 g/mol. The van der Waals surface area contributed by atoms with Gasteiger partial charge in [0, 0.05) is 37.4 Å². The molecule has 0 unspecified atom stereocenters. The Bertz CT molecular complexity index is 1390. The second-order valence-electron chi connectivity index (χ2n) is 8.26. The maximum absolute atomic E-state index is 11.9. The Morgan fingerprint density at radius 3 is 1.28 bits per heavy atom. The molecule has 0 aliphatic rings. The van der Waals surface area contributed by atoms with E-state index in [9.17, 15) is 10.2 Å². The number of hydrogen-bond acceptors (Lipinski definition) is 8. The Hall–Kier alpha value is -5.15. The number of rotatable bonds is 9. The molecule has 0 amide bonds. The Balaban J connectivity index is 0.000000917. The van der Waals surface area contributed by atoms with Crippen LogP contribution in [-0.2, 0) is 26.1 Å². The van der Waals surface area contributed by atoms with E-state index in [0.29, 0.717) is 36.1 Å². The van der Waals surface area contributed by atoms with Crippen LogP contribution < -0.4 is 19.7 Å². The topological polar surface area (TPSA) is 164 Å². The van der Waals surface area contributed by atoms with Gasteiger partial charge in [0.25, 0.3) is 11.9 Å². The molecule has 226 valence electrons. The number of ether oxygens (including phenoxy) is 2. The Morgan fingerprint density at radius 1 is 0.628 bits per heavy atom. The summed E-state index contributed by atoms with van der Waals surface area (Å²) < 4.78 is 11.8. The van der Waals surface area contributed by atoms with E-state index >= 15 is 0 Å². The second kappa shape index (κ2) is 19.8. The Labute approximate surface area is 259 Å². The summed E-state index contributed by atoms with van der Waals surface area (Å²) in [5.74, 6) is -0.654. The maximum atomic E-state index is 11.9. The Kier molecular flexibility index (Phi) is 16.6. The van der Waals surface area contributed by atoms with Crippen molar-refractivity contribution in [1.29, 1.82) is 0 Å². The molecule has 0 saturated heterocycles. The summed E-state index contributed by atoms with van der Waals surface area (Å²) in [7, 11) is 0. The molecule has 4 aromatic rings. The minimum atomic E-state index is -0.833. The molecule has 0 heterocycles. The summed E-state index contributed by atoms with van der Waals surface area (Å²) in [5, 5.41) is 38.5. The van der Waals surface area contributed by atoms with Crippen molar-refractivity contribution in [3.63, 3.8) is 0 Å². The molecule has 4 rings (SSSR count). The van der Waals surface area contributed by atoms with Crippen molar-refractivity contribution in [3.8, 4) is 23.0 Å². The zero-order valence-electron chi connectivity index (χ0n) is 23.4. The summed E-state index contributed by atoms with van der Waals surface area (Å²) in [6.07, 6.45) is 3.24. The van der Waals surface area contributed by atoms with Gasteiger partial charge in [0.1, 0.15) is 24.7 Å². The average molecular weight is 629 g/mol. The Morgan fingerprint density at radius 2 is 0.930 bits per heavy atom. The van der Waals surface area contributed by atoms with Gasteiger partial charge < -0.3 is 29.9 Å². The molecule has 0 bridgehead atoms. The predicted molar refractivity (Wildman–Crippen MR) is 157 cm³/mol. The van der Waals surface area contributed by atoms with Crippen molar-refractivity contribution < 1.29 is 56.0 Å². The van der Waals surface area contributed by atoms with Crippen LogP contribution in [0.3, 0.4) is 0 Å². The van der Waals surface area contributed by atoms with Crippen molar-refractivity contribution in [3.05, 3.63) is 108 Å². The number of hydrogen-bond donors (Lipinski definition) is 2. The first-order valence-electron chi connectivity index (χ1n) is 12.6. The van der Waals surface area contributed by atoms with Crippen molar-refractivity contribution >= 4 is 35.7 Å². The van der Waals surface area contributed by atoms with E-state index in [1.807, 2.05) is 48.5 Å². The number of aliphatic imine (C=N–C) groups is 2. The molecule has 2 N–H and O–H groups in total. The third-order valence-electron chi connectivity index (χ3n) is 4.85. The van der Waals surface area contributed by atoms with E-state index in [-0.39, 0.29) is 28.0 Å². The number of benzene rings is 4. The van der Waals surface area contributed by atoms with Crippen LogP contribution in [0.15, 0.2) is 107 Å². The number of aliphatic carboxylic acids is 2. The van der Waals surface area contributed by atoms with Crippen LogP contribution in [0.1, 0.15) is 25.0 Å². The third-order valence-corrected chi connectivity index (χ3v) is 4.85. The van der Waals surface area contributed by atoms with E-state index in [1.54, 1.807) is 48.8 Å². The summed E-state index contributed by atoms with van der Waals surface area (Å²) in [4.78, 5) is 26.6. The molecule has 11 heteroatoms. The fourth-order valence-corrected chi connectivity index (χ4v) is 3.15. The van der Waals surface area contributed by atoms with E-state index < -0.39 is 11.9 Å². The van der Waals surface area contributed by atoms with Gasteiger partial charge in [0.2, 0.25) is 0 Å². The van der Waals surface area contributed by atoms with Gasteiger partial charge in [-0.15, -0.1) is 0 Å². The standard InChI is InChI=1S/C28H24N2O4.2C2H4O2.Ni/c31-25-13-5-3-11-23(25)29-19-21-9-1-7-15-27(21)33-17-18-34-28-16-8-2-10-22(28)20-30-24-12-4-6-14-26(24)32;2*1-2(3)4;/h1-16,19-20,31-32H,17-18H2;2*1H3,(H,3,4);/q;;;+2/p-2. The summed E-state index contributed by atoms with van der Waals surface area (Å²) in [6.45, 7) is 2.77. The van der Waals surface area contributed by atoms with Gasteiger partial charge in [0.15, 0.2) is 0 Å². The first-order chi connectivity index (χ1) is 20.2. The molecule has 0 aliphatic heterocycles. The van der Waals surface area contributed by atoms with Crippen molar-refractivity contribution in [2.75, 3.05) is 13.2 Å². The maximum Gasteiger partial charge on any atom is 2.00 e. The van der Waals surface area contributed by atoms with Crippen LogP contribution in [0.25, 0.3) is 0 Å². The fraction of sp³-hybridized carbons (Fsp3) is 0.125. The summed E-state index contributed by atoms with van der Waals surface area (Å²) in [6, 6.07) is 28.1. The van der Waals surface area contributed by atoms with Crippen LogP contribution in [-0.4, -0.2) is 47.8 Å². The largest absolute Gasteiger partial charge is 2.00 e. The van der Waals surface area contributed by atoms with Crippen LogP contribution in [0.5, 0.6) is 23.0 Å². The van der Waals surface area contributed by atoms with Crippen LogP contribution in [0, 0.1) is 0 Å². The second-order valence-corrected chi connectivity index (χ2v) is 8.26. The van der Waals surface area contributed by atoms with Crippen molar-refractivity contribution in [2.45, 2.75) is 13.8 Å². The van der Waals surface area contributed by atoms with Gasteiger partial charge in [0.05, 0.1) is 11.4 Å². The van der Waals surface area contributed by atoms with Gasteiger partial charge in [-0.25, -0.2) is 0 Å². The molecule has 4 aromatic carbocycles. The summed E-state index contributed by atoms with van der Waals surface area (Å²) >= 11 is 0. The van der Waals surface area contributed by atoms with Gasteiger partial charge >= 0.3 is 16.5 Å². The minimum absolute atomic E-state index is 0. The molecular formula is C32H30N2NiO8. The zero-order chi connectivity index (χ0) is 30.7. The normalized spacial score (nSPS) is 10.0. The number of carboxylic acid groups (broad SMARTS) is 2. The molecular weight excluding hydrogens is 599 g/mol. The molecule has 0 radical (unpaired) electrons. The first kappa shape index (κ1) is 35.9. The number of carbonyl (C=O) groups is 2. The molecule has 0 aliphatic carbocycles. The SMILES string of the molecule is CC(=O)O.CC(=O)O.[Ni+2].[O-]c1ccccc1N=Cc1ccccc1OCCOc1ccccc1C=Nc1ccccc1[O-]. The van der Waals surface area contributed by atoms with E-state index in [4.69, 9.17) is 29.3 Å². The predicted octanol–water partition coefficient (Wildman–Crippen LogP) is 4.97. The molecule has 0 fully saturated rings. The fourth-order valence-electron chi connectivity index (χ4n) is 3.15. The van der Waals surface area contributed by atoms with Gasteiger partial charge in [-0.2, -0.15) is 0 Å². The quantitative estimate of drug-likeness (QED) is 0.149. The molecule has 0 spiro atoms. The number of para-hydroxylation sites is 6. The first-order valence-corrected chi connectivity index (χ1v) is 12.6. The van der Waals surface area contributed by atoms with E-state index in [2.05, 4.69) is 9.98 Å². The van der Waals surface area contributed by atoms with Gasteiger partial charge in [-0.3, -0.25) is 19.6 Å². The van der Waals surface area contributed by atoms with E-state index in [1.165, 1.54) is 12.1 Å². The molecule has 0 saturated carbocycles. The average Bonchev–Trinajstić information content (AvgIpc) is 2.95. The minimum Gasteiger partial charge on any atom is -0.871 e. The molecule has 0 atom stereocenters. The smallest absolute Gasteiger partial charge is 0.871 e. The van der Waals surface area contributed by atoms with Crippen LogP contribution >= 0.6 is 0 Å². The third kappa shape index (κ3) is 14.4. The molecule has 0 aromatic heterocycles. The van der Waals surface area contributed by atoms with Crippen molar-refractivity contribution in [1.82, 2.24) is 0 Å². The summed E-state index contributed by atoms with van der Waals surface area (Å²) in [5.41, 5.74) is 2.26. The van der Waals surface area contributed by atoms with Crippen LogP contribution in [0.2, 0.25) is 0 Å². The van der Waals surface area contributed by atoms with Gasteiger partial charge in [-0.1, -0.05) is 72.2 Å². The van der Waals surface area contributed by atoms with Crippen LogP contribution in [0.4, 0.5) is 11.4 Å². The number of carboxylic acids is 2. The molecule has 10 nitrogen and oxygen atoms in total. The molecule has 43 heavy (non-hydrogen) atoms. The van der Waals surface area contributed by atoms with E-state index in [0.717, 1.165) is 25.0 Å². The zero-order valence-corrected chi connectivity index (χ0v) is 24.3. The van der Waals surface area contributed by atoms with Gasteiger partial charge in [-0.05, 0) is 36.4 Å². The number of nitrogens with zero attached hydrogens (tertiary/aromatic N) is 2.